The summed E-state index contributed by atoms with van der Waals surface area (Å²) in [5.74, 6) is 2.43. The molecule has 57 heavy (non-hydrogen) atoms. The molecule has 5 fully saturated rings. The number of hydrogen-bond donors (Lipinski definition) is 0. The Balaban J connectivity index is 0.000000152. The Kier molecular flexibility index (Phi) is 11.6. The van der Waals surface area contributed by atoms with Gasteiger partial charge in [0.05, 0.1) is 34.8 Å². The van der Waals surface area contributed by atoms with Crippen LogP contribution >= 0.6 is 0 Å². The first-order chi connectivity index (χ1) is 26.3. The zero-order valence-corrected chi connectivity index (χ0v) is 38.0. The number of allylic oxidation sites excluding steroid dienone is 2. The van der Waals surface area contributed by atoms with E-state index in [1.807, 2.05) is 27.7 Å². The van der Waals surface area contributed by atoms with Gasteiger partial charge in [-0.05, 0) is 105 Å². The Morgan fingerprint density at radius 1 is 0.614 bits per heavy atom. The summed E-state index contributed by atoms with van der Waals surface area (Å²) >= 11 is 0. The highest BCUT2D eigenvalue weighted by atomic mass is 16.5. The third kappa shape index (κ3) is 5.79. The lowest BCUT2D eigenvalue weighted by molar-refractivity contribution is -0.142. The third-order valence-electron chi connectivity index (χ3n) is 17.6. The molecule has 0 spiro atoms. The molecule has 3 heterocycles. The number of nitrogens with zero attached hydrogens (tertiary/aromatic N) is 3. The lowest BCUT2D eigenvalue weighted by Crippen LogP contribution is -2.43. The maximum atomic E-state index is 12.6. The second-order valence-electron chi connectivity index (χ2n) is 19.4. The molecule has 10 heteroatoms. The van der Waals surface area contributed by atoms with Crippen molar-refractivity contribution in [2.24, 2.45) is 69.5 Å². The molecular weight excluding hydrogens is 719 g/mol. The Morgan fingerprint density at radius 2 is 0.965 bits per heavy atom. The van der Waals surface area contributed by atoms with Crippen LogP contribution in [-0.4, -0.2) is 85.0 Å². The summed E-state index contributed by atoms with van der Waals surface area (Å²) in [6.07, 6.45) is 2.32. The van der Waals surface area contributed by atoms with Crippen molar-refractivity contribution in [1.82, 2.24) is 14.7 Å². The van der Waals surface area contributed by atoms with Crippen LogP contribution in [0, 0.1) is 97.2 Å². The quantitative estimate of drug-likeness (QED) is 0.229. The Labute approximate surface area is 341 Å². The van der Waals surface area contributed by atoms with Crippen molar-refractivity contribution < 1.29 is 33.5 Å². The van der Waals surface area contributed by atoms with Crippen LogP contribution in [0.5, 0.6) is 0 Å². The number of ether oxygens (including phenoxy) is 1. The first kappa shape index (κ1) is 44.4. The molecular formula is C47H69N3O7. The number of carbonyl (C=O) groups is 6. The largest absolute Gasteiger partial charge is 0.384 e. The zero-order chi connectivity index (χ0) is 43.3. The first-order valence-electron chi connectivity index (χ1n) is 21.0. The van der Waals surface area contributed by atoms with Gasteiger partial charge >= 0.3 is 0 Å². The molecule has 3 saturated carbocycles. The Morgan fingerprint density at radius 3 is 1.28 bits per heavy atom. The summed E-state index contributed by atoms with van der Waals surface area (Å²) in [6, 6.07) is 0. The van der Waals surface area contributed by atoms with Crippen LogP contribution in [-0.2, 0) is 23.9 Å². The molecule has 7 aliphatic rings. The van der Waals surface area contributed by atoms with Crippen molar-refractivity contribution in [1.29, 1.82) is 0 Å². The Hall–Kier alpha value is -3.66. The standard InChI is InChI=1S/C16H23NO2.C13H15NO2.C12H17NO2.C6H14O/c1-8-9(2)16(6)11-10(12(18)17(7)13(11)19)15(8,5)14(16,3)4;1-6-7(2)9(4)11-10(8(6)3)12(15)14(5)13(11)16;1-5-6(2)8-4-7(5)9-10(8)12(15)13(3)11(9)14;1-4-6(2)5-7-3/h10-11H,1-7H3;1-5H3;5-10H,4H2,1-3H3;6H,4-5H2,1-3H3. The van der Waals surface area contributed by atoms with Gasteiger partial charge in [-0.15, -0.1) is 0 Å². The molecule has 4 aliphatic carbocycles. The van der Waals surface area contributed by atoms with Gasteiger partial charge in [0.15, 0.2) is 0 Å². The number of benzene rings is 1. The SMILES string of the molecule is CC1=C(C)C2(C)C3C(=O)N(C)C(=O)C3C1(C)C2(C)C.CC1C(C)C2CC1C1C(=O)N(C)C(=O)C21.CCC(C)COC.Cc1c(C)c(C)c2c(c1C)C(=O)N(C)C2=O. The van der Waals surface area contributed by atoms with Gasteiger partial charge in [0.25, 0.3) is 11.8 Å². The van der Waals surface area contributed by atoms with E-state index in [1.54, 1.807) is 21.2 Å². The van der Waals surface area contributed by atoms with Gasteiger partial charge in [0, 0.05) is 45.7 Å². The lowest BCUT2D eigenvalue weighted by atomic mass is 9.61. The summed E-state index contributed by atoms with van der Waals surface area (Å²) in [7, 11) is 6.55. The Bertz CT molecular complexity index is 1840. The van der Waals surface area contributed by atoms with E-state index in [2.05, 4.69) is 69.2 Å². The van der Waals surface area contributed by atoms with E-state index < -0.39 is 0 Å². The minimum atomic E-state index is -0.200. The van der Waals surface area contributed by atoms with E-state index in [0.717, 1.165) is 41.2 Å². The van der Waals surface area contributed by atoms with Gasteiger partial charge in [-0.1, -0.05) is 73.0 Å². The van der Waals surface area contributed by atoms with Crippen molar-refractivity contribution in [3.05, 3.63) is 44.5 Å². The van der Waals surface area contributed by atoms with Gasteiger partial charge in [-0.2, -0.15) is 0 Å². The monoisotopic (exact) mass is 788 g/mol. The van der Waals surface area contributed by atoms with E-state index in [0.29, 0.717) is 34.8 Å². The summed E-state index contributed by atoms with van der Waals surface area (Å²) < 4.78 is 4.89. The number of amides is 6. The highest BCUT2D eigenvalue weighted by Crippen LogP contribution is 2.79. The minimum absolute atomic E-state index is 0.0150. The third-order valence-corrected chi connectivity index (χ3v) is 17.6. The van der Waals surface area contributed by atoms with Crippen molar-refractivity contribution >= 4 is 35.4 Å². The highest BCUT2D eigenvalue weighted by molar-refractivity contribution is 6.22. The molecule has 314 valence electrons. The van der Waals surface area contributed by atoms with Crippen LogP contribution in [0.2, 0.25) is 0 Å². The number of methoxy groups -OCH3 is 1. The smallest absolute Gasteiger partial charge is 0.261 e. The second-order valence-corrected chi connectivity index (χ2v) is 19.4. The number of rotatable bonds is 3. The van der Waals surface area contributed by atoms with E-state index in [1.165, 1.54) is 39.3 Å². The van der Waals surface area contributed by atoms with Crippen LogP contribution in [0.3, 0.4) is 0 Å². The molecule has 4 bridgehead atoms. The van der Waals surface area contributed by atoms with E-state index in [4.69, 9.17) is 4.74 Å². The predicted octanol–water partition coefficient (Wildman–Crippen LogP) is 7.58. The number of imide groups is 3. The maximum Gasteiger partial charge on any atom is 0.261 e. The average molecular weight is 788 g/mol. The molecule has 2 saturated heterocycles. The van der Waals surface area contributed by atoms with Crippen LogP contribution < -0.4 is 0 Å². The fourth-order valence-electron chi connectivity index (χ4n) is 12.4. The number of carbonyl (C=O) groups excluding carboxylic acids is 6. The van der Waals surface area contributed by atoms with Crippen LogP contribution in [0.25, 0.3) is 0 Å². The summed E-state index contributed by atoms with van der Waals surface area (Å²) in [5, 5.41) is 0. The summed E-state index contributed by atoms with van der Waals surface area (Å²) in [5.41, 5.74) is 7.43. The van der Waals surface area contributed by atoms with Crippen LogP contribution in [0.4, 0.5) is 0 Å². The second kappa shape index (κ2) is 14.9. The average Bonchev–Trinajstić information content (AvgIpc) is 3.94. The fraction of sp³-hybridized carbons (Fsp3) is 0.702. The van der Waals surface area contributed by atoms with Crippen LogP contribution in [0.15, 0.2) is 11.1 Å². The molecule has 0 N–H and O–H groups in total. The fourth-order valence-corrected chi connectivity index (χ4v) is 12.4. The van der Waals surface area contributed by atoms with Gasteiger partial charge in [-0.25, -0.2) is 0 Å². The zero-order valence-electron chi connectivity index (χ0n) is 38.0. The molecule has 8 rings (SSSR count). The molecule has 0 radical (unpaired) electrons. The molecule has 3 aliphatic heterocycles. The van der Waals surface area contributed by atoms with E-state index in [9.17, 15) is 28.8 Å². The molecule has 6 amide bonds. The number of hydrogen-bond acceptors (Lipinski definition) is 7. The van der Waals surface area contributed by atoms with Crippen LogP contribution in [0.1, 0.15) is 125 Å². The van der Waals surface area contributed by atoms with Crippen molar-refractivity contribution in [2.75, 3.05) is 34.9 Å². The highest BCUT2D eigenvalue weighted by Gasteiger charge is 2.79. The van der Waals surface area contributed by atoms with Crippen molar-refractivity contribution in [3.63, 3.8) is 0 Å². The topological polar surface area (TPSA) is 121 Å². The molecule has 11 unspecified atom stereocenters. The van der Waals surface area contributed by atoms with E-state index >= 15 is 0 Å². The van der Waals surface area contributed by atoms with Gasteiger partial charge in [-0.3, -0.25) is 43.5 Å². The summed E-state index contributed by atoms with van der Waals surface area (Å²) in [4.78, 5) is 76.8. The predicted molar refractivity (Wildman–Crippen MR) is 221 cm³/mol. The molecule has 1 aromatic carbocycles. The molecule has 11 atom stereocenters. The number of fused-ring (bicyclic) bond motifs is 11. The normalized spacial score (nSPS) is 35.6. The van der Waals surface area contributed by atoms with Crippen molar-refractivity contribution in [3.8, 4) is 0 Å². The van der Waals surface area contributed by atoms with Gasteiger partial charge in [0.2, 0.25) is 23.6 Å². The molecule has 1 aromatic rings. The van der Waals surface area contributed by atoms with Gasteiger partial charge < -0.3 is 4.74 Å². The molecule has 10 nitrogen and oxygen atoms in total. The maximum absolute atomic E-state index is 12.6. The number of likely N-dealkylation sites (tertiary alicyclic amines) is 2. The summed E-state index contributed by atoms with van der Waals surface area (Å²) in [6.45, 7) is 30.7. The van der Waals surface area contributed by atoms with E-state index in [-0.39, 0.29) is 75.4 Å². The minimum Gasteiger partial charge on any atom is -0.384 e. The molecule has 0 aromatic heterocycles. The van der Waals surface area contributed by atoms with Crippen molar-refractivity contribution in [2.45, 2.75) is 110 Å². The lowest BCUT2D eigenvalue weighted by Gasteiger charge is -2.43. The van der Waals surface area contributed by atoms with Gasteiger partial charge in [0.1, 0.15) is 0 Å². The first-order valence-corrected chi connectivity index (χ1v) is 21.0.